The van der Waals surface area contributed by atoms with Gasteiger partial charge in [-0.3, -0.25) is 14.4 Å². The lowest BCUT2D eigenvalue weighted by molar-refractivity contribution is -0.301. The van der Waals surface area contributed by atoms with Crippen molar-refractivity contribution in [3.05, 3.63) is 36.5 Å². The van der Waals surface area contributed by atoms with Crippen molar-refractivity contribution in [3.63, 3.8) is 0 Å². The Balaban J connectivity index is 2.63. The quantitative estimate of drug-likeness (QED) is 0.0228. The van der Waals surface area contributed by atoms with Gasteiger partial charge >= 0.3 is 23.9 Å². The molecule has 12 nitrogen and oxygen atoms in total. The number of carbonyl (C=O) groups is 4. The molecule has 1 aliphatic heterocycles. The lowest BCUT2D eigenvalue weighted by atomic mass is 9.98. The van der Waals surface area contributed by atoms with Crippen LogP contribution in [-0.4, -0.2) is 89.2 Å². The number of aliphatic carboxylic acids is 1. The van der Waals surface area contributed by atoms with Crippen molar-refractivity contribution in [2.75, 3.05) is 13.2 Å². The Morgan fingerprint density at radius 2 is 0.797 bits per heavy atom. The minimum Gasteiger partial charge on any atom is -0.479 e. The van der Waals surface area contributed by atoms with Crippen LogP contribution in [-0.2, 0) is 42.9 Å². The van der Waals surface area contributed by atoms with Gasteiger partial charge in [-0.25, -0.2) is 4.79 Å². The van der Waals surface area contributed by atoms with Crippen LogP contribution in [0, 0.1) is 0 Å². The second-order valence-corrected chi connectivity index (χ2v) is 22.7. The normalized spacial score (nSPS) is 18.0. The molecule has 1 fully saturated rings. The van der Waals surface area contributed by atoms with E-state index < -0.39 is 67.3 Å². The fourth-order valence-corrected chi connectivity index (χ4v) is 10.2. The molecule has 0 saturated carbocycles. The first-order valence-corrected chi connectivity index (χ1v) is 33.0. The molecule has 12 heteroatoms. The number of carboxylic acids is 1. The van der Waals surface area contributed by atoms with Gasteiger partial charge in [0, 0.05) is 19.3 Å². The maximum atomic E-state index is 13.2. The average Bonchev–Trinajstić information content (AvgIpc) is 3.46. The largest absolute Gasteiger partial charge is 0.479 e. The molecule has 6 atom stereocenters. The fraction of sp³-hybridized carbons (Fsp3) is 0.851. The molecular weight excluding hydrogens is 997 g/mol. The SMILES string of the molecule is CC/C=C\C/C=C\C/C=C\CCCCCC(=O)OC1C(OCC(COC(=O)CCCCCCCCCCCCCCCCCCCCC)OC(=O)CCCCCCCCCCCCCCCCCCC)OC(C(=O)O)C(O)C1O. The first-order chi connectivity index (χ1) is 38.6. The van der Waals surface area contributed by atoms with Crippen molar-refractivity contribution in [1.29, 1.82) is 0 Å². The van der Waals surface area contributed by atoms with E-state index in [1.807, 2.05) is 0 Å². The third-order valence-corrected chi connectivity index (χ3v) is 15.2. The summed E-state index contributed by atoms with van der Waals surface area (Å²) in [6, 6.07) is 0. The summed E-state index contributed by atoms with van der Waals surface area (Å²) in [7, 11) is 0. The van der Waals surface area contributed by atoms with Crippen molar-refractivity contribution in [1.82, 2.24) is 0 Å². The molecule has 0 aromatic rings. The highest BCUT2D eigenvalue weighted by Crippen LogP contribution is 2.27. The third-order valence-electron chi connectivity index (χ3n) is 15.2. The zero-order valence-corrected chi connectivity index (χ0v) is 50.9. The van der Waals surface area contributed by atoms with Gasteiger partial charge in [-0.15, -0.1) is 0 Å². The highest BCUT2D eigenvalue weighted by Gasteiger charge is 2.50. The minimum atomic E-state index is -1.91. The standard InChI is InChI=1S/C67H120O12/c1-4-7-10-13-16-19-22-25-27-29-30-32-33-36-38-41-44-47-50-53-59(68)75-56-58(77-60(69)54-51-48-45-42-40-37-34-31-28-26-23-20-17-14-11-8-5-2)57-76-67-65(63(72)62(71)64(79-67)66(73)74)78-61(70)55-52-49-46-43-39-35-24-21-18-15-12-9-6-3/h9,12,18,21,35,39,58,62-65,67,71-72H,4-8,10-11,13-17,19-20,22-34,36-38,40-57H2,1-3H3,(H,73,74)/b12-9-,21-18-,39-35-. The van der Waals surface area contributed by atoms with Crippen LogP contribution in [0.3, 0.4) is 0 Å². The summed E-state index contributed by atoms with van der Waals surface area (Å²) < 4.78 is 28.5. The fourth-order valence-electron chi connectivity index (χ4n) is 10.2. The van der Waals surface area contributed by atoms with E-state index in [4.69, 9.17) is 23.7 Å². The summed E-state index contributed by atoms with van der Waals surface area (Å²) in [5.41, 5.74) is 0. The summed E-state index contributed by atoms with van der Waals surface area (Å²) in [5.74, 6) is -3.12. The Bertz CT molecular complexity index is 1510. The molecule has 460 valence electrons. The van der Waals surface area contributed by atoms with E-state index in [-0.39, 0.29) is 25.9 Å². The molecule has 1 aliphatic rings. The number of rotatable bonds is 57. The first kappa shape index (κ1) is 74.0. The maximum Gasteiger partial charge on any atom is 0.335 e. The maximum absolute atomic E-state index is 13.2. The summed E-state index contributed by atoms with van der Waals surface area (Å²) in [5, 5.41) is 31.5. The zero-order valence-electron chi connectivity index (χ0n) is 50.9. The smallest absolute Gasteiger partial charge is 0.335 e. The first-order valence-electron chi connectivity index (χ1n) is 33.0. The molecule has 1 heterocycles. The van der Waals surface area contributed by atoms with Crippen LogP contribution in [0.4, 0.5) is 0 Å². The van der Waals surface area contributed by atoms with Gasteiger partial charge in [-0.1, -0.05) is 282 Å². The predicted octanol–water partition coefficient (Wildman–Crippen LogP) is 17.6. The molecule has 0 aliphatic carbocycles. The van der Waals surface area contributed by atoms with Crippen LogP contribution >= 0.6 is 0 Å². The van der Waals surface area contributed by atoms with Crippen LogP contribution in [0.25, 0.3) is 0 Å². The average molecular weight is 1120 g/mol. The van der Waals surface area contributed by atoms with Crippen molar-refractivity contribution in [2.24, 2.45) is 0 Å². The second-order valence-electron chi connectivity index (χ2n) is 22.7. The topological polar surface area (TPSA) is 175 Å². The summed E-state index contributed by atoms with van der Waals surface area (Å²) in [4.78, 5) is 51.3. The van der Waals surface area contributed by atoms with Gasteiger partial charge in [-0.2, -0.15) is 0 Å². The van der Waals surface area contributed by atoms with E-state index in [1.54, 1.807) is 0 Å². The molecule has 3 N–H and O–H groups in total. The van der Waals surface area contributed by atoms with E-state index in [0.29, 0.717) is 19.3 Å². The molecule has 0 radical (unpaired) electrons. The van der Waals surface area contributed by atoms with Gasteiger partial charge in [0.05, 0.1) is 6.61 Å². The molecule has 1 saturated heterocycles. The van der Waals surface area contributed by atoms with Gasteiger partial charge in [0.2, 0.25) is 0 Å². The number of allylic oxidation sites excluding steroid dienone is 6. The number of carboxylic acid groups (broad SMARTS) is 1. The Kier molecular flexibility index (Phi) is 51.9. The Labute approximate surface area is 482 Å². The summed E-state index contributed by atoms with van der Waals surface area (Å²) >= 11 is 0. The molecule has 79 heavy (non-hydrogen) atoms. The summed E-state index contributed by atoms with van der Waals surface area (Å²) in [6.45, 7) is 5.92. The Morgan fingerprint density at radius 3 is 1.22 bits per heavy atom. The van der Waals surface area contributed by atoms with Gasteiger partial charge in [0.25, 0.3) is 0 Å². The number of hydrogen-bond acceptors (Lipinski definition) is 11. The van der Waals surface area contributed by atoms with Gasteiger partial charge < -0.3 is 39.0 Å². The van der Waals surface area contributed by atoms with Gasteiger partial charge in [0.15, 0.2) is 24.6 Å². The van der Waals surface area contributed by atoms with Crippen LogP contribution in [0.2, 0.25) is 0 Å². The van der Waals surface area contributed by atoms with E-state index in [2.05, 4.69) is 57.2 Å². The van der Waals surface area contributed by atoms with Crippen molar-refractivity contribution < 1.29 is 58.2 Å². The molecule has 1 rings (SSSR count). The van der Waals surface area contributed by atoms with Crippen molar-refractivity contribution in [2.45, 2.75) is 353 Å². The molecule has 0 aromatic heterocycles. The van der Waals surface area contributed by atoms with Crippen LogP contribution in [0.5, 0.6) is 0 Å². The second kappa shape index (κ2) is 55.5. The number of ether oxygens (including phenoxy) is 5. The molecule has 0 aromatic carbocycles. The summed E-state index contributed by atoms with van der Waals surface area (Å²) in [6.07, 6.45) is 54.0. The Hall–Kier alpha value is -3.06. The third kappa shape index (κ3) is 45.2. The number of esters is 3. The minimum absolute atomic E-state index is 0.0290. The van der Waals surface area contributed by atoms with Gasteiger partial charge in [0.1, 0.15) is 18.8 Å². The molecule has 0 bridgehead atoms. The highest BCUT2D eigenvalue weighted by molar-refractivity contribution is 5.74. The van der Waals surface area contributed by atoms with Crippen LogP contribution < -0.4 is 0 Å². The molecule has 0 spiro atoms. The number of hydrogen-bond donors (Lipinski definition) is 3. The van der Waals surface area contributed by atoms with E-state index in [9.17, 15) is 34.5 Å². The van der Waals surface area contributed by atoms with Crippen LogP contribution in [0.15, 0.2) is 36.5 Å². The predicted molar refractivity (Wildman–Crippen MR) is 322 cm³/mol. The van der Waals surface area contributed by atoms with Crippen LogP contribution in [0.1, 0.15) is 316 Å². The molecule has 0 amide bonds. The van der Waals surface area contributed by atoms with Crippen molar-refractivity contribution >= 4 is 23.9 Å². The lowest BCUT2D eigenvalue weighted by Gasteiger charge is -2.40. The number of unbranched alkanes of at least 4 members (excludes halogenated alkanes) is 37. The monoisotopic (exact) mass is 1120 g/mol. The highest BCUT2D eigenvalue weighted by atomic mass is 16.7. The molecule has 6 unspecified atom stereocenters. The van der Waals surface area contributed by atoms with E-state index in [0.717, 1.165) is 77.0 Å². The van der Waals surface area contributed by atoms with Crippen molar-refractivity contribution in [3.8, 4) is 0 Å². The van der Waals surface area contributed by atoms with Gasteiger partial charge in [-0.05, 0) is 51.4 Å². The number of carbonyl (C=O) groups excluding carboxylic acids is 3. The molecular formula is C67H120O12. The number of aliphatic hydroxyl groups excluding tert-OH is 2. The Morgan fingerprint density at radius 1 is 0.430 bits per heavy atom. The zero-order chi connectivity index (χ0) is 57.5. The van der Waals surface area contributed by atoms with E-state index >= 15 is 0 Å². The lowest BCUT2D eigenvalue weighted by Crippen LogP contribution is -2.61. The van der Waals surface area contributed by atoms with E-state index in [1.165, 1.54) is 180 Å². The number of aliphatic hydroxyl groups is 2.